The first-order chi connectivity index (χ1) is 10.5. The Morgan fingerprint density at radius 1 is 1.05 bits per heavy atom. The lowest BCUT2D eigenvalue weighted by Crippen LogP contribution is -1.93. The molecule has 0 N–H and O–H groups in total. The van der Waals surface area contributed by atoms with Gasteiger partial charge in [0.2, 0.25) is 0 Å². The first-order valence-electron chi connectivity index (χ1n) is 7.26. The molecule has 2 rings (SSSR count). The van der Waals surface area contributed by atoms with E-state index < -0.39 is 10.8 Å². The van der Waals surface area contributed by atoms with E-state index in [1.54, 1.807) is 12.5 Å². The van der Waals surface area contributed by atoms with Gasteiger partial charge in [-0.05, 0) is 61.2 Å². The number of hydrogen-bond acceptors (Lipinski definition) is 2. The van der Waals surface area contributed by atoms with Gasteiger partial charge < -0.3 is 4.74 Å². The van der Waals surface area contributed by atoms with Crippen molar-refractivity contribution in [1.29, 1.82) is 0 Å². The van der Waals surface area contributed by atoms with Crippen molar-refractivity contribution in [3.63, 3.8) is 0 Å². The van der Waals surface area contributed by atoms with E-state index in [2.05, 4.69) is 32.9 Å². The Bertz CT molecular complexity index is 677. The molecule has 0 saturated heterocycles. The third-order valence-corrected chi connectivity index (χ3v) is 4.65. The molecule has 2 aromatic carbocycles. The summed E-state index contributed by atoms with van der Waals surface area (Å²) in [6.07, 6.45) is 1.98. The number of aryl methyl sites for hydroxylation is 3. The molecule has 2 aromatic rings. The molecule has 0 aliphatic carbocycles. The Balaban J connectivity index is 2.08. The summed E-state index contributed by atoms with van der Waals surface area (Å²) in [4.78, 5) is 0. The van der Waals surface area contributed by atoms with Crippen molar-refractivity contribution in [3.8, 4) is 5.75 Å². The fraction of sp³-hybridized carbons (Fsp3) is 0.263. The molecule has 0 aliphatic rings. The summed E-state index contributed by atoms with van der Waals surface area (Å²) in [5.74, 6) is 1.33. The van der Waals surface area contributed by atoms with E-state index in [-0.39, 0.29) is 0 Å². The van der Waals surface area contributed by atoms with Gasteiger partial charge in [-0.1, -0.05) is 29.8 Å². The van der Waals surface area contributed by atoms with E-state index in [0.29, 0.717) is 5.75 Å². The van der Waals surface area contributed by atoms with Gasteiger partial charge in [-0.15, -0.1) is 0 Å². The zero-order valence-corrected chi connectivity index (χ0v) is 14.4. The molecule has 0 saturated carbocycles. The van der Waals surface area contributed by atoms with Gasteiger partial charge in [0, 0.05) is 5.41 Å². The quantitative estimate of drug-likeness (QED) is 0.810. The van der Waals surface area contributed by atoms with Crippen LogP contribution in [0.1, 0.15) is 27.8 Å². The van der Waals surface area contributed by atoms with Crippen molar-refractivity contribution < 1.29 is 8.95 Å². The number of rotatable bonds is 5. The van der Waals surface area contributed by atoms with Gasteiger partial charge in [0.1, 0.15) is 5.75 Å². The van der Waals surface area contributed by atoms with E-state index in [1.165, 1.54) is 16.7 Å². The van der Waals surface area contributed by atoms with E-state index in [1.807, 2.05) is 30.3 Å². The van der Waals surface area contributed by atoms with Gasteiger partial charge in [-0.3, -0.25) is 4.21 Å². The van der Waals surface area contributed by atoms with Crippen molar-refractivity contribution in [2.75, 3.05) is 7.11 Å². The minimum absolute atomic E-state index is 0.518. The molecule has 0 fully saturated rings. The maximum Gasteiger partial charge on any atom is 0.118 e. The van der Waals surface area contributed by atoms with E-state index in [4.69, 9.17) is 4.74 Å². The van der Waals surface area contributed by atoms with Crippen LogP contribution in [0, 0.1) is 20.8 Å². The highest BCUT2D eigenvalue weighted by Gasteiger charge is 2.02. The highest BCUT2D eigenvalue weighted by molar-refractivity contribution is 7.87. The van der Waals surface area contributed by atoms with Gasteiger partial charge in [0.05, 0.1) is 23.7 Å². The summed E-state index contributed by atoms with van der Waals surface area (Å²) in [7, 11) is 0.618. The lowest BCUT2D eigenvalue weighted by molar-refractivity contribution is 0.414. The van der Waals surface area contributed by atoms with Crippen LogP contribution in [0.5, 0.6) is 5.75 Å². The Morgan fingerprint density at radius 2 is 1.64 bits per heavy atom. The molecule has 0 amide bonds. The zero-order chi connectivity index (χ0) is 16.1. The minimum Gasteiger partial charge on any atom is -0.497 e. The molecule has 0 aliphatic heterocycles. The Kier molecular flexibility index (Phi) is 5.56. The van der Waals surface area contributed by atoms with Gasteiger partial charge >= 0.3 is 0 Å². The molecule has 1 atom stereocenters. The average Bonchev–Trinajstić information content (AvgIpc) is 2.47. The van der Waals surface area contributed by atoms with Crippen molar-refractivity contribution in [2.45, 2.75) is 26.5 Å². The van der Waals surface area contributed by atoms with Gasteiger partial charge in [-0.25, -0.2) is 0 Å². The van der Waals surface area contributed by atoms with E-state index >= 15 is 0 Å². The van der Waals surface area contributed by atoms with E-state index in [9.17, 15) is 4.21 Å². The van der Waals surface area contributed by atoms with Crippen LogP contribution < -0.4 is 4.74 Å². The summed E-state index contributed by atoms with van der Waals surface area (Å²) in [6, 6.07) is 12.0. The second-order valence-electron chi connectivity index (χ2n) is 5.49. The predicted molar refractivity (Wildman–Crippen MR) is 94.5 cm³/mol. The number of benzene rings is 2. The fourth-order valence-electron chi connectivity index (χ4n) is 2.53. The summed E-state index contributed by atoms with van der Waals surface area (Å²) < 4.78 is 17.3. The highest BCUT2D eigenvalue weighted by atomic mass is 32.2. The highest BCUT2D eigenvalue weighted by Crippen LogP contribution is 2.19. The zero-order valence-electron chi connectivity index (χ0n) is 13.6. The first-order valence-corrected chi connectivity index (χ1v) is 8.64. The Morgan fingerprint density at radius 3 is 2.18 bits per heavy atom. The third kappa shape index (κ3) is 4.31. The molecule has 22 heavy (non-hydrogen) atoms. The van der Waals surface area contributed by atoms with Crippen LogP contribution in [0.4, 0.5) is 0 Å². The number of ether oxygens (including phenoxy) is 1. The van der Waals surface area contributed by atoms with Gasteiger partial charge in [0.25, 0.3) is 0 Å². The molecule has 0 spiro atoms. The van der Waals surface area contributed by atoms with Crippen LogP contribution in [0.15, 0.2) is 41.8 Å². The van der Waals surface area contributed by atoms with Crippen LogP contribution in [0.3, 0.4) is 0 Å². The van der Waals surface area contributed by atoms with Crippen molar-refractivity contribution in [2.24, 2.45) is 0 Å². The molecule has 3 heteroatoms. The number of methoxy groups -OCH3 is 1. The third-order valence-electron chi connectivity index (χ3n) is 3.59. The van der Waals surface area contributed by atoms with E-state index in [0.717, 1.165) is 16.9 Å². The summed E-state index contributed by atoms with van der Waals surface area (Å²) >= 11 is 0. The molecule has 2 nitrogen and oxygen atoms in total. The standard InChI is InChI=1S/C19H22O2S/c1-14-11-15(2)19(16(3)12-14)9-10-22(20)13-17-5-7-18(21-4)8-6-17/h5-12H,13H2,1-4H3/b10-9+. The normalized spacial score (nSPS) is 12.5. The minimum atomic E-state index is -1.02. The topological polar surface area (TPSA) is 26.3 Å². The van der Waals surface area contributed by atoms with Crippen LogP contribution in [-0.4, -0.2) is 11.3 Å². The van der Waals surface area contributed by atoms with Crippen LogP contribution >= 0.6 is 0 Å². The first kappa shape index (κ1) is 16.5. The Labute approximate surface area is 135 Å². The molecular formula is C19H22O2S. The largest absolute Gasteiger partial charge is 0.497 e. The molecule has 0 heterocycles. The Hall–Kier alpha value is -1.87. The van der Waals surface area contributed by atoms with Crippen molar-refractivity contribution in [3.05, 3.63) is 69.6 Å². The smallest absolute Gasteiger partial charge is 0.118 e. The lowest BCUT2D eigenvalue weighted by Gasteiger charge is -2.07. The molecular weight excluding hydrogens is 292 g/mol. The lowest BCUT2D eigenvalue weighted by atomic mass is 10.0. The van der Waals surface area contributed by atoms with Gasteiger partial charge in [-0.2, -0.15) is 0 Å². The monoisotopic (exact) mass is 314 g/mol. The summed E-state index contributed by atoms with van der Waals surface area (Å²) in [5.41, 5.74) is 5.90. The average molecular weight is 314 g/mol. The van der Waals surface area contributed by atoms with Crippen molar-refractivity contribution >= 4 is 16.9 Å². The van der Waals surface area contributed by atoms with Crippen molar-refractivity contribution in [1.82, 2.24) is 0 Å². The second kappa shape index (κ2) is 7.41. The molecule has 116 valence electrons. The summed E-state index contributed by atoms with van der Waals surface area (Å²) in [6.45, 7) is 6.27. The maximum absolute atomic E-state index is 12.2. The molecule has 0 radical (unpaired) electrons. The predicted octanol–water partition coefficient (Wildman–Crippen LogP) is 4.54. The molecule has 0 aromatic heterocycles. The fourth-order valence-corrected chi connectivity index (χ4v) is 3.44. The SMILES string of the molecule is COc1ccc(CS(=O)/C=C/c2c(C)cc(C)cc2C)cc1. The van der Waals surface area contributed by atoms with Crippen LogP contribution in [0.2, 0.25) is 0 Å². The van der Waals surface area contributed by atoms with Crippen LogP contribution in [0.25, 0.3) is 6.08 Å². The molecule has 1 unspecified atom stereocenters. The molecule has 0 bridgehead atoms. The maximum atomic E-state index is 12.2. The van der Waals surface area contributed by atoms with Gasteiger partial charge in [0.15, 0.2) is 0 Å². The second-order valence-corrected chi connectivity index (χ2v) is 6.81. The number of hydrogen-bond donors (Lipinski definition) is 0. The van der Waals surface area contributed by atoms with Crippen LogP contribution in [-0.2, 0) is 16.6 Å². The summed E-state index contributed by atoms with van der Waals surface area (Å²) in [5, 5.41) is 1.79.